The Kier molecular flexibility index (Phi) is 12.1. The van der Waals surface area contributed by atoms with Crippen LogP contribution >= 0.6 is 11.5 Å². The van der Waals surface area contributed by atoms with Crippen molar-refractivity contribution in [1.29, 1.82) is 0 Å². The summed E-state index contributed by atoms with van der Waals surface area (Å²) in [5.41, 5.74) is -1.89. The van der Waals surface area contributed by atoms with Crippen LogP contribution in [0.15, 0.2) is 108 Å². The third-order valence-electron chi connectivity index (χ3n) is 9.16. The van der Waals surface area contributed by atoms with Crippen molar-refractivity contribution in [3.63, 3.8) is 0 Å². The number of hydrogen-bond donors (Lipinski definition) is 3. The Labute approximate surface area is 339 Å². The van der Waals surface area contributed by atoms with Crippen LogP contribution in [0.2, 0.25) is 0 Å². The zero-order valence-electron chi connectivity index (χ0n) is 31.5. The molecule has 3 aromatic carbocycles. The van der Waals surface area contributed by atoms with Gasteiger partial charge in [0.15, 0.2) is 11.9 Å². The number of alkyl halides is 3. The summed E-state index contributed by atoms with van der Waals surface area (Å²) in [6.07, 6.45) is -3.16. The van der Waals surface area contributed by atoms with Crippen LogP contribution in [0.4, 0.5) is 18.3 Å². The third-order valence-corrected chi connectivity index (χ3v) is 10.7. The number of halogens is 3. The summed E-state index contributed by atoms with van der Waals surface area (Å²) in [6, 6.07) is 24.7. The van der Waals surface area contributed by atoms with Crippen molar-refractivity contribution in [2.24, 2.45) is 10.6 Å². The summed E-state index contributed by atoms with van der Waals surface area (Å²) in [7, 11) is -6.27. The lowest BCUT2D eigenvalue weighted by atomic mass is 9.80. The van der Waals surface area contributed by atoms with Crippen molar-refractivity contribution in [2.75, 3.05) is 12.5 Å². The number of β-lactam (4-membered cyclic amide) rings is 1. The van der Waals surface area contributed by atoms with Crippen LogP contribution in [0.25, 0.3) is 0 Å². The predicted molar refractivity (Wildman–Crippen MR) is 204 cm³/mol. The number of rotatable bonds is 14. The SMILES string of the molecule is CC(C)(C)C(=O)OCOC(O)C1=C(OS(=O)(=O)C(F)(F)F)CC[C@@H]2[C@H](NC(=O)/C(=N/OC(c3ccccc3)(c3ccccc3)c3ccccc3)c3nsc(N)n3)C(=O)N12. The first-order valence-corrected chi connectivity index (χ1v) is 19.9. The lowest BCUT2D eigenvalue weighted by Crippen LogP contribution is -2.72. The molecule has 21 heteroatoms. The molecule has 16 nitrogen and oxygen atoms in total. The number of aliphatic hydroxyl groups is 1. The van der Waals surface area contributed by atoms with E-state index >= 15 is 0 Å². The van der Waals surface area contributed by atoms with E-state index in [1.54, 1.807) is 36.4 Å². The lowest BCUT2D eigenvalue weighted by Gasteiger charge is -2.51. The maximum absolute atomic E-state index is 14.2. The maximum atomic E-state index is 14.2. The molecule has 0 spiro atoms. The zero-order valence-corrected chi connectivity index (χ0v) is 33.1. The van der Waals surface area contributed by atoms with Crippen LogP contribution in [-0.4, -0.2) is 82.0 Å². The van der Waals surface area contributed by atoms with E-state index in [0.29, 0.717) is 16.7 Å². The predicted octanol–water partition coefficient (Wildman–Crippen LogP) is 4.28. The molecule has 4 aromatic rings. The molecule has 2 amide bonds. The van der Waals surface area contributed by atoms with Gasteiger partial charge in [-0.2, -0.15) is 30.9 Å². The second-order valence-corrected chi connectivity index (χ2v) is 16.5. The standard InChI is InChI=1S/C38H37F3N6O10S2/c1-36(2,3)34(51)55-21-54-33(50)29-26(56-59(52,53)38(39,40)41)20-19-25-27(32(49)47(25)29)43-31(48)28(30-44-35(42)58-46-30)45-57-37(22-13-7-4-8-14-22,23-15-9-5-10-16-23)24-17-11-6-12-18-24/h4-18,25,27,33,50H,19-21H2,1-3H3,(H,43,48)(H2,42,44,46)/b45-28+/t25-,27+,33?/m1/s1. The van der Waals surface area contributed by atoms with Gasteiger partial charge in [0.05, 0.1) is 11.5 Å². The van der Waals surface area contributed by atoms with Crippen LogP contribution in [0.5, 0.6) is 0 Å². The highest BCUT2D eigenvalue weighted by Crippen LogP contribution is 2.42. The van der Waals surface area contributed by atoms with E-state index in [2.05, 4.69) is 24.0 Å². The van der Waals surface area contributed by atoms with E-state index in [4.69, 9.17) is 20.0 Å². The average Bonchev–Trinajstić information content (AvgIpc) is 3.63. The van der Waals surface area contributed by atoms with Gasteiger partial charge in [-0.1, -0.05) is 96.2 Å². The van der Waals surface area contributed by atoms with Crippen LogP contribution in [0.1, 0.15) is 56.1 Å². The van der Waals surface area contributed by atoms with Gasteiger partial charge in [-0.3, -0.25) is 14.4 Å². The van der Waals surface area contributed by atoms with Gasteiger partial charge in [0.25, 0.3) is 11.8 Å². The van der Waals surface area contributed by atoms with Gasteiger partial charge in [0, 0.05) is 34.6 Å². The Bertz CT molecular complexity index is 2260. The second-order valence-electron chi connectivity index (χ2n) is 14.1. The first-order chi connectivity index (χ1) is 27.8. The number of aliphatic hydroxyl groups excluding tert-OH is 1. The van der Waals surface area contributed by atoms with Gasteiger partial charge in [-0.25, -0.2) is 0 Å². The monoisotopic (exact) mass is 858 g/mol. The Hall–Kier alpha value is -5.90. The molecule has 4 N–H and O–H groups in total. The number of amides is 2. The molecule has 0 aliphatic carbocycles. The van der Waals surface area contributed by atoms with E-state index < -0.39 is 93.2 Å². The molecule has 2 aliphatic heterocycles. The molecule has 1 aromatic heterocycles. The van der Waals surface area contributed by atoms with Crippen LogP contribution < -0.4 is 11.1 Å². The number of hydrogen-bond acceptors (Lipinski definition) is 15. The summed E-state index contributed by atoms with van der Waals surface area (Å²) >= 11 is 0.752. The number of fused-ring (bicyclic) bond motifs is 1. The number of nitrogen functional groups attached to an aromatic ring is 1. The van der Waals surface area contributed by atoms with Gasteiger partial charge >= 0.3 is 21.6 Å². The fraction of sp³-hybridized carbons (Fsp3) is 0.316. The quantitative estimate of drug-likeness (QED) is 0.0236. The Morgan fingerprint density at radius 1 is 0.983 bits per heavy atom. The van der Waals surface area contributed by atoms with Crippen molar-refractivity contribution in [2.45, 2.75) is 63.1 Å². The van der Waals surface area contributed by atoms with Gasteiger partial charge in [-0.15, -0.1) is 0 Å². The van der Waals surface area contributed by atoms with Gasteiger partial charge in [0.2, 0.25) is 23.4 Å². The molecule has 0 radical (unpaired) electrons. The molecular weight excluding hydrogens is 822 g/mol. The van der Waals surface area contributed by atoms with Crippen molar-refractivity contribution in [1.82, 2.24) is 19.6 Å². The van der Waals surface area contributed by atoms with Crippen molar-refractivity contribution >= 4 is 50.3 Å². The largest absolute Gasteiger partial charge is 0.534 e. The average molecular weight is 859 g/mol. The number of nitrogens with one attached hydrogen (secondary N) is 1. The van der Waals surface area contributed by atoms with E-state index in [9.17, 15) is 41.1 Å². The van der Waals surface area contributed by atoms with E-state index in [-0.39, 0.29) is 17.4 Å². The smallest absolute Gasteiger partial charge is 0.438 e. The number of carbonyl (C=O) groups excluding carboxylic acids is 3. The minimum Gasteiger partial charge on any atom is -0.438 e. The Morgan fingerprint density at radius 3 is 2.00 bits per heavy atom. The van der Waals surface area contributed by atoms with Crippen LogP contribution in [0.3, 0.4) is 0 Å². The molecule has 3 atom stereocenters. The van der Waals surface area contributed by atoms with Crippen LogP contribution in [-0.2, 0) is 48.6 Å². The molecule has 0 saturated carbocycles. The minimum atomic E-state index is -6.27. The van der Waals surface area contributed by atoms with E-state index in [1.165, 1.54) is 20.8 Å². The number of esters is 1. The lowest BCUT2D eigenvalue weighted by molar-refractivity contribution is -0.192. The normalized spacial score (nSPS) is 18.1. The first-order valence-electron chi connectivity index (χ1n) is 17.7. The van der Waals surface area contributed by atoms with Crippen molar-refractivity contribution in [3.05, 3.63) is 125 Å². The fourth-order valence-electron chi connectivity index (χ4n) is 6.32. The number of nitrogens with two attached hydrogens (primary N) is 1. The van der Waals surface area contributed by atoms with Gasteiger partial charge in [-0.05, 0) is 27.2 Å². The minimum absolute atomic E-state index is 0.0302. The molecular formula is C38H37F3N6O10S2. The molecule has 59 heavy (non-hydrogen) atoms. The van der Waals surface area contributed by atoms with Crippen molar-refractivity contribution < 1.29 is 59.6 Å². The second kappa shape index (κ2) is 16.8. The summed E-state index contributed by atoms with van der Waals surface area (Å²) in [6.45, 7) is 3.63. The number of oxime groups is 1. The first kappa shape index (κ1) is 42.7. The summed E-state index contributed by atoms with van der Waals surface area (Å²) in [4.78, 5) is 51.5. The number of allylic oxidation sites excluding steroid dienone is 1. The molecule has 2 aliphatic rings. The molecule has 6 rings (SSSR count). The number of aromatic nitrogens is 2. The summed E-state index contributed by atoms with van der Waals surface area (Å²) in [5.74, 6) is -4.02. The van der Waals surface area contributed by atoms with E-state index in [1.807, 2.05) is 54.6 Å². The number of anilines is 1. The van der Waals surface area contributed by atoms with E-state index in [0.717, 1.165) is 16.4 Å². The highest BCUT2D eigenvalue weighted by molar-refractivity contribution is 7.87. The van der Waals surface area contributed by atoms with Crippen LogP contribution in [0, 0.1) is 5.41 Å². The van der Waals surface area contributed by atoms with Crippen molar-refractivity contribution in [3.8, 4) is 0 Å². The molecule has 1 fully saturated rings. The third kappa shape index (κ3) is 8.77. The zero-order chi connectivity index (χ0) is 42.8. The number of benzene rings is 3. The summed E-state index contributed by atoms with van der Waals surface area (Å²) < 4.78 is 82.8. The molecule has 0 bridgehead atoms. The topological polar surface area (TPSA) is 222 Å². The molecule has 1 unspecified atom stereocenters. The maximum Gasteiger partial charge on any atom is 0.534 e. The highest BCUT2D eigenvalue weighted by atomic mass is 32.2. The highest BCUT2D eigenvalue weighted by Gasteiger charge is 2.56. The summed E-state index contributed by atoms with van der Waals surface area (Å²) in [5, 5.41) is 17.8. The Balaban J connectivity index is 1.33. The number of carbonyl (C=O) groups is 3. The van der Waals surface area contributed by atoms with Gasteiger partial charge in [0.1, 0.15) is 17.5 Å². The number of ether oxygens (including phenoxy) is 2. The molecule has 312 valence electrons. The number of nitrogens with zero attached hydrogens (tertiary/aromatic N) is 4. The Morgan fingerprint density at radius 2 is 1.53 bits per heavy atom. The fourth-order valence-corrected chi connectivity index (χ4v) is 7.28. The molecule has 3 heterocycles. The molecule has 1 saturated heterocycles. The van der Waals surface area contributed by atoms with Gasteiger partial charge < -0.3 is 39.6 Å².